The topological polar surface area (TPSA) is 54.0 Å². The van der Waals surface area contributed by atoms with Gasteiger partial charge < -0.3 is 10.6 Å². The molecule has 0 aromatic carbocycles. The summed E-state index contributed by atoms with van der Waals surface area (Å²) in [6.07, 6.45) is 7.52. The van der Waals surface area contributed by atoms with Crippen molar-refractivity contribution < 1.29 is 4.79 Å². The third-order valence-corrected chi connectivity index (χ3v) is 3.66. The highest BCUT2D eigenvalue weighted by atomic mass is 16.1. The Bertz CT molecular complexity index is 414. The fourth-order valence-electron chi connectivity index (χ4n) is 2.60. The Morgan fingerprint density at radius 1 is 1.42 bits per heavy atom. The molecular formula is C15H23N3O. The van der Waals surface area contributed by atoms with Crippen LogP contribution >= 0.6 is 0 Å². The molecule has 1 aliphatic carbocycles. The van der Waals surface area contributed by atoms with E-state index in [1.165, 1.54) is 18.4 Å². The third-order valence-electron chi connectivity index (χ3n) is 3.66. The van der Waals surface area contributed by atoms with Gasteiger partial charge in [-0.15, -0.1) is 0 Å². The standard InChI is InChI=1S/C15H23N3O/c1-2-12-6-5-9-17-14(12)10-16-11-15(19)18-13-7-3-4-8-13/h5-6,9,13,16H,2-4,7-8,10-11H2,1H3,(H,18,19). The zero-order valence-corrected chi connectivity index (χ0v) is 11.6. The minimum absolute atomic E-state index is 0.0980. The van der Waals surface area contributed by atoms with Crippen LogP contribution in [-0.2, 0) is 17.8 Å². The predicted octanol–water partition coefficient (Wildman–Crippen LogP) is 1.79. The minimum atomic E-state index is 0.0980. The molecule has 0 unspecified atom stereocenters. The monoisotopic (exact) mass is 261 g/mol. The van der Waals surface area contributed by atoms with Gasteiger partial charge in [-0.25, -0.2) is 0 Å². The molecule has 0 aliphatic heterocycles. The van der Waals surface area contributed by atoms with E-state index in [9.17, 15) is 4.79 Å². The normalized spacial score (nSPS) is 15.6. The first-order valence-corrected chi connectivity index (χ1v) is 7.22. The first-order chi connectivity index (χ1) is 9.29. The van der Waals surface area contributed by atoms with E-state index >= 15 is 0 Å². The number of carbonyl (C=O) groups excluding carboxylic acids is 1. The summed E-state index contributed by atoms with van der Waals surface area (Å²) in [4.78, 5) is 16.1. The summed E-state index contributed by atoms with van der Waals surface area (Å²) in [7, 11) is 0. The van der Waals surface area contributed by atoms with Crippen molar-refractivity contribution in [2.45, 2.75) is 51.6 Å². The predicted molar refractivity (Wildman–Crippen MR) is 75.7 cm³/mol. The molecule has 1 heterocycles. The van der Waals surface area contributed by atoms with Gasteiger partial charge in [-0.2, -0.15) is 0 Å². The van der Waals surface area contributed by atoms with Crippen LogP contribution < -0.4 is 10.6 Å². The Balaban J connectivity index is 1.72. The molecule has 1 aromatic rings. The number of rotatable bonds is 6. The molecule has 4 nitrogen and oxygen atoms in total. The van der Waals surface area contributed by atoms with Crippen molar-refractivity contribution in [3.63, 3.8) is 0 Å². The van der Waals surface area contributed by atoms with E-state index in [0.717, 1.165) is 25.0 Å². The quantitative estimate of drug-likeness (QED) is 0.821. The number of nitrogens with zero attached hydrogens (tertiary/aromatic N) is 1. The van der Waals surface area contributed by atoms with Crippen LogP contribution in [-0.4, -0.2) is 23.5 Å². The number of hydrogen-bond acceptors (Lipinski definition) is 3. The van der Waals surface area contributed by atoms with Gasteiger partial charge in [-0.3, -0.25) is 9.78 Å². The van der Waals surface area contributed by atoms with E-state index < -0.39 is 0 Å². The first-order valence-electron chi connectivity index (χ1n) is 7.22. The van der Waals surface area contributed by atoms with Gasteiger partial charge in [0.2, 0.25) is 5.91 Å². The maximum absolute atomic E-state index is 11.7. The third kappa shape index (κ3) is 4.31. The largest absolute Gasteiger partial charge is 0.352 e. The molecule has 0 spiro atoms. The minimum Gasteiger partial charge on any atom is -0.352 e. The maximum Gasteiger partial charge on any atom is 0.234 e. The second-order valence-corrected chi connectivity index (χ2v) is 5.12. The van der Waals surface area contributed by atoms with Gasteiger partial charge in [-0.1, -0.05) is 25.8 Å². The number of hydrogen-bond donors (Lipinski definition) is 2. The Morgan fingerprint density at radius 3 is 2.95 bits per heavy atom. The van der Waals surface area contributed by atoms with Crippen molar-refractivity contribution in [3.05, 3.63) is 29.6 Å². The zero-order chi connectivity index (χ0) is 13.5. The number of carbonyl (C=O) groups is 1. The Labute approximate surface area is 115 Å². The lowest BCUT2D eigenvalue weighted by Crippen LogP contribution is -2.39. The molecular weight excluding hydrogens is 238 g/mol. The average Bonchev–Trinajstić information content (AvgIpc) is 2.92. The smallest absolute Gasteiger partial charge is 0.234 e. The van der Waals surface area contributed by atoms with Gasteiger partial charge in [0.15, 0.2) is 0 Å². The van der Waals surface area contributed by atoms with Crippen LogP contribution in [0.5, 0.6) is 0 Å². The van der Waals surface area contributed by atoms with E-state index in [-0.39, 0.29) is 5.91 Å². The molecule has 0 bridgehead atoms. The van der Waals surface area contributed by atoms with E-state index in [2.05, 4.69) is 28.6 Å². The molecule has 1 saturated carbocycles. The van der Waals surface area contributed by atoms with Crippen molar-refractivity contribution in [1.82, 2.24) is 15.6 Å². The van der Waals surface area contributed by atoms with Crippen LogP contribution in [0.15, 0.2) is 18.3 Å². The molecule has 0 atom stereocenters. The summed E-state index contributed by atoms with van der Waals surface area (Å²) in [6, 6.07) is 4.44. The van der Waals surface area contributed by atoms with E-state index in [1.807, 2.05) is 6.07 Å². The highest BCUT2D eigenvalue weighted by Crippen LogP contribution is 2.17. The van der Waals surface area contributed by atoms with Crippen LogP contribution in [0.1, 0.15) is 43.9 Å². The lowest BCUT2D eigenvalue weighted by molar-refractivity contribution is -0.120. The summed E-state index contributed by atoms with van der Waals surface area (Å²) in [5.74, 6) is 0.0980. The molecule has 19 heavy (non-hydrogen) atoms. The van der Waals surface area contributed by atoms with Crippen LogP contribution in [0.25, 0.3) is 0 Å². The van der Waals surface area contributed by atoms with E-state index in [0.29, 0.717) is 19.1 Å². The molecule has 1 aliphatic rings. The van der Waals surface area contributed by atoms with Gasteiger partial charge >= 0.3 is 0 Å². The summed E-state index contributed by atoms with van der Waals surface area (Å²) in [6.45, 7) is 3.14. The van der Waals surface area contributed by atoms with Crippen molar-refractivity contribution >= 4 is 5.91 Å². The number of pyridine rings is 1. The van der Waals surface area contributed by atoms with Gasteiger partial charge in [-0.05, 0) is 30.9 Å². The average molecular weight is 261 g/mol. The number of aromatic nitrogens is 1. The number of amides is 1. The van der Waals surface area contributed by atoms with Crippen molar-refractivity contribution in [2.24, 2.45) is 0 Å². The van der Waals surface area contributed by atoms with Gasteiger partial charge in [0, 0.05) is 18.8 Å². The van der Waals surface area contributed by atoms with Crippen LogP contribution in [0, 0.1) is 0 Å². The fourth-order valence-corrected chi connectivity index (χ4v) is 2.60. The Kier molecular flexibility index (Phi) is 5.33. The van der Waals surface area contributed by atoms with Crippen LogP contribution in [0.3, 0.4) is 0 Å². The molecule has 1 fully saturated rings. The van der Waals surface area contributed by atoms with Crippen molar-refractivity contribution in [3.8, 4) is 0 Å². The second kappa shape index (κ2) is 7.24. The van der Waals surface area contributed by atoms with Crippen molar-refractivity contribution in [2.75, 3.05) is 6.54 Å². The first kappa shape index (κ1) is 14.0. The highest BCUT2D eigenvalue weighted by Gasteiger charge is 2.16. The van der Waals surface area contributed by atoms with Crippen LogP contribution in [0.4, 0.5) is 0 Å². The van der Waals surface area contributed by atoms with Crippen LogP contribution in [0.2, 0.25) is 0 Å². The number of aryl methyl sites for hydroxylation is 1. The maximum atomic E-state index is 11.7. The summed E-state index contributed by atoms with van der Waals surface area (Å²) >= 11 is 0. The van der Waals surface area contributed by atoms with Gasteiger partial charge in [0.25, 0.3) is 0 Å². The van der Waals surface area contributed by atoms with E-state index in [4.69, 9.17) is 0 Å². The van der Waals surface area contributed by atoms with Crippen molar-refractivity contribution in [1.29, 1.82) is 0 Å². The molecule has 104 valence electrons. The van der Waals surface area contributed by atoms with Gasteiger partial charge in [0.1, 0.15) is 0 Å². The Hall–Kier alpha value is -1.42. The molecule has 1 aromatic heterocycles. The number of nitrogens with one attached hydrogen (secondary N) is 2. The zero-order valence-electron chi connectivity index (χ0n) is 11.6. The molecule has 1 amide bonds. The molecule has 2 N–H and O–H groups in total. The molecule has 4 heteroatoms. The SMILES string of the molecule is CCc1cccnc1CNCC(=O)NC1CCCC1. The summed E-state index contributed by atoms with van der Waals surface area (Å²) in [5, 5.41) is 6.25. The lowest BCUT2D eigenvalue weighted by Gasteiger charge is -2.12. The molecule has 0 saturated heterocycles. The highest BCUT2D eigenvalue weighted by molar-refractivity contribution is 5.78. The summed E-state index contributed by atoms with van der Waals surface area (Å²) < 4.78 is 0. The fraction of sp³-hybridized carbons (Fsp3) is 0.600. The second-order valence-electron chi connectivity index (χ2n) is 5.12. The van der Waals surface area contributed by atoms with E-state index in [1.54, 1.807) is 6.20 Å². The summed E-state index contributed by atoms with van der Waals surface area (Å²) in [5.41, 5.74) is 2.28. The van der Waals surface area contributed by atoms with Gasteiger partial charge in [0.05, 0.1) is 12.2 Å². The molecule has 2 rings (SSSR count). The lowest BCUT2D eigenvalue weighted by atomic mass is 10.1. The molecule has 0 radical (unpaired) electrons. The Morgan fingerprint density at radius 2 is 2.21 bits per heavy atom.